The molecular weight excluding hydrogens is 392 g/mol. The van der Waals surface area contributed by atoms with Crippen LogP contribution in [0, 0.1) is 18.8 Å². The molecule has 0 saturated carbocycles. The summed E-state index contributed by atoms with van der Waals surface area (Å²) in [4.78, 5) is 26.8. The first-order valence-corrected chi connectivity index (χ1v) is 11.7. The van der Waals surface area contributed by atoms with Crippen LogP contribution >= 0.6 is 0 Å². The second kappa shape index (κ2) is 10.2. The van der Waals surface area contributed by atoms with Gasteiger partial charge >= 0.3 is 5.97 Å². The first-order chi connectivity index (χ1) is 13.6. The van der Waals surface area contributed by atoms with Crippen molar-refractivity contribution in [3.05, 3.63) is 29.8 Å². The van der Waals surface area contributed by atoms with E-state index in [1.807, 2.05) is 20.8 Å². The van der Waals surface area contributed by atoms with Crippen LogP contribution in [-0.2, 0) is 24.3 Å². The van der Waals surface area contributed by atoms with Gasteiger partial charge in [0.05, 0.1) is 17.4 Å². The maximum atomic E-state index is 13.1. The van der Waals surface area contributed by atoms with Gasteiger partial charge in [-0.2, -0.15) is 4.72 Å². The average molecular weight is 425 g/mol. The number of aryl methyl sites for hydroxylation is 1. The van der Waals surface area contributed by atoms with E-state index in [1.165, 1.54) is 0 Å². The fourth-order valence-corrected chi connectivity index (χ4v) is 4.66. The number of hydrogen-bond acceptors (Lipinski definition) is 5. The Kier molecular flexibility index (Phi) is 8.22. The molecular formula is C21H32N2O5S. The van der Waals surface area contributed by atoms with E-state index in [-0.39, 0.29) is 28.6 Å². The third kappa shape index (κ3) is 6.54. The number of carbonyl (C=O) groups excluding carboxylic acids is 2. The minimum atomic E-state index is -3.81. The third-order valence-corrected chi connectivity index (χ3v) is 6.55. The molecule has 1 N–H and O–H groups in total. The van der Waals surface area contributed by atoms with Gasteiger partial charge in [-0.05, 0) is 51.2 Å². The van der Waals surface area contributed by atoms with Gasteiger partial charge in [0.15, 0.2) is 0 Å². The van der Waals surface area contributed by atoms with Crippen LogP contribution in [0.3, 0.4) is 0 Å². The lowest BCUT2D eigenvalue weighted by molar-refractivity contribution is -0.151. The van der Waals surface area contributed by atoms with E-state index in [0.29, 0.717) is 39.0 Å². The fraction of sp³-hybridized carbons (Fsp3) is 0.619. The summed E-state index contributed by atoms with van der Waals surface area (Å²) < 4.78 is 33.3. The standard InChI is InChI=1S/C21H32N2O5S/c1-5-28-21(25)17-10-12-23(13-11-17)20(24)19(14-15(2)3)22-29(26,27)18-8-6-16(4)7-9-18/h6-9,15,17,19,22H,5,10-14H2,1-4H3. The van der Waals surface area contributed by atoms with Gasteiger partial charge in [0.2, 0.25) is 15.9 Å². The second-order valence-corrected chi connectivity index (χ2v) is 9.68. The number of carbonyl (C=O) groups is 2. The van der Waals surface area contributed by atoms with Gasteiger partial charge < -0.3 is 9.64 Å². The van der Waals surface area contributed by atoms with Gasteiger partial charge in [-0.3, -0.25) is 9.59 Å². The Morgan fingerprint density at radius 3 is 2.28 bits per heavy atom. The zero-order valence-electron chi connectivity index (χ0n) is 17.7. The fourth-order valence-electron chi connectivity index (χ4n) is 3.46. The van der Waals surface area contributed by atoms with E-state index in [4.69, 9.17) is 4.74 Å². The number of rotatable bonds is 8. The highest BCUT2D eigenvalue weighted by molar-refractivity contribution is 7.89. The van der Waals surface area contributed by atoms with Crippen molar-refractivity contribution in [1.82, 2.24) is 9.62 Å². The first kappa shape index (κ1) is 23.3. The summed E-state index contributed by atoms with van der Waals surface area (Å²) in [5, 5.41) is 0. The van der Waals surface area contributed by atoms with Crippen molar-refractivity contribution < 1.29 is 22.7 Å². The normalized spacial score (nSPS) is 16.7. The minimum absolute atomic E-state index is 0.140. The predicted octanol–water partition coefficient (Wildman–Crippen LogP) is 2.49. The van der Waals surface area contributed by atoms with E-state index in [2.05, 4.69) is 4.72 Å². The molecule has 8 heteroatoms. The zero-order chi connectivity index (χ0) is 21.6. The molecule has 1 aromatic carbocycles. The summed E-state index contributed by atoms with van der Waals surface area (Å²) in [5.41, 5.74) is 0.961. The van der Waals surface area contributed by atoms with Gasteiger partial charge in [-0.15, -0.1) is 0 Å². The molecule has 1 amide bonds. The van der Waals surface area contributed by atoms with Crippen molar-refractivity contribution in [3.8, 4) is 0 Å². The van der Waals surface area contributed by atoms with Gasteiger partial charge in [0, 0.05) is 13.1 Å². The number of hydrogen-bond donors (Lipinski definition) is 1. The maximum Gasteiger partial charge on any atom is 0.309 e. The van der Waals surface area contributed by atoms with Crippen LogP contribution in [0.15, 0.2) is 29.2 Å². The molecule has 1 aliphatic heterocycles. The summed E-state index contributed by atoms with van der Waals surface area (Å²) >= 11 is 0. The van der Waals surface area contributed by atoms with E-state index < -0.39 is 16.1 Å². The average Bonchev–Trinajstić information content (AvgIpc) is 2.67. The number of amides is 1. The molecule has 1 atom stereocenters. The molecule has 7 nitrogen and oxygen atoms in total. The largest absolute Gasteiger partial charge is 0.466 e. The predicted molar refractivity (Wildman–Crippen MR) is 111 cm³/mol. The number of nitrogens with one attached hydrogen (secondary N) is 1. The number of nitrogens with zero attached hydrogens (tertiary/aromatic N) is 1. The highest BCUT2D eigenvalue weighted by Crippen LogP contribution is 2.21. The molecule has 0 radical (unpaired) electrons. The van der Waals surface area contributed by atoms with Crippen LogP contribution in [0.1, 0.15) is 45.6 Å². The summed E-state index contributed by atoms with van der Waals surface area (Å²) in [7, 11) is -3.81. The van der Waals surface area contributed by atoms with Crippen molar-refractivity contribution in [2.24, 2.45) is 11.8 Å². The number of ether oxygens (including phenoxy) is 1. The van der Waals surface area contributed by atoms with E-state index in [0.717, 1.165) is 5.56 Å². The smallest absolute Gasteiger partial charge is 0.309 e. The summed E-state index contributed by atoms with van der Waals surface area (Å²) in [5.74, 6) is -0.524. The van der Waals surface area contributed by atoms with Crippen molar-refractivity contribution in [1.29, 1.82) is 0 Å². The maximum absolute atomic E-state index is 13.1. The van der Waals surface area contributed by atoms with Gasteiger partial charge in [-0.1, -0.05) is 31.5 Å². The molecule has 1 heterocycles. The van der Waals surface area contributed by atoms with Gasteiger partial charge in [0.25, 0.3) is 0 Å². The van der Waals surface area contributed by atoms with E-state index >= 15 is 0 Å². The van der Waals surface area contributed by atoms with Gasteiger partial charge in [0.1, 0.15) is 6.04 Å². The van der Waals surface area contributed by atoms with Crippen LogP contribution in [0.25, 0.3) is 0 Å². The van der Waals surface area contributed by atoms with Crippen LogP contribution < -0.4 is 4.72 Å². The molecule has 0 spiro atoms. The Labute approximate surface area is 173 Å². The SMILES string of the molecule is CCOC(=O)C1CCN(C(=O)C(CC(C)C)NS(=O)(=O)c2ccc(C)cc2)CC1. The molecule has 2 rings (SSSR count). The molecule has 1 unspecified atom stereocenters. The molecule has 162 valence electrons. The van der Waals surface area contributed by atoms with Gasteiger partial charge in [-0.25, -0.2) is 8.42 Å². The van der Waals surface area contributed by atoms with E-state index in [9.17, 15) is 18.0 Å². The molecule has 0 aliphatic carbocycles. The number of likely N-dealkylation sites (tertiary alicyclic amines) is 1. The monoisotopic (exact) mass is 424 g/mol. The minimum Gasteiger partial charge on any atom is -0.466 e. The van der Waals surface area contributed by atoms with Crippen molar-refractivity contribution in [3.63, 3.8) is 0 Å². The van der Waals surface area contributed by atoms with Crippen LogP contribution in [0.2, 0.25) is 0 Å². The van der Waals surface area contributed by atoms with Crippen LogP contribution in [0.4, 0.5) is 0 Å². The highest BCUT2D eigenvalue weighted by atomic mass is 32.2. The second-order valence-electron chi connectivity index (χ2n) is 7.97. The first-order valence-electron chi connectivity index (χ1n) is 10.2. The van der Waals surface area contributed by atoms with Crippen LogP contribution in [0.5, 0.6) is 0 Å². The Morgan fingerprint density at radius 1 is 1.17 bits per heavy atom. The van der Waals surface area contributed by atoms with Crippen molar-refractivity contribution in [2.75, 3.05) is 19.7 Å². The molecule has 1 saturated heterocycles. The summed E-state index contributed by atoms with van der Waals surface area (Å²) in [6.07, 6.45) is 1.47. The molecule has 29 heavy (non-hydrogen) atoms. The lowest BCUT2D eigenvalue weighted by atomic mass is 9.95. The summed E-state index contributed by atoms with van der Waals surface area (Å²) in [6.45, 7) is 8.74. The Hall–Kier alpha value is -1.93. The van der Waals surface area contributed by atoms with Crippen molar-refractivity contribution >= 4 is 21.9 Å². The number of sulfonamides is 1. The lowest BCUT2D eigenvalue weighted by Crippen LogP contribution is -2.51. The molecule has 1 aromatic rings. The topological polar surface area (TPSA) is 92.8 Å². The Morgan fingerprint density at radius 2 is 1.76 bits per heavy atom. The number of benzene rings is 1. The third-order valence-electron chi connectivity index (χ3n) is 5.06. The Bertz CT molecular complexity index is 797. The number of esters is 1. The molecule has 0 aromatic heterocycles. The molecule has 0 bridgehead atoms. The number of piperidine rings is 1. The quantitative estimate of drug-likeness (QED) is 0.647. The van der Waals surface area contributed by atoms with Crippen molar-refractivity contribution in [2.45, 2.75) is 57.9 Å². The molecule has 1 fully saturated rings. The molecule has 1 aliphatic rings. The summed E-state index contributed by atoms with van der Waals surface area (Å²) in [6, 6.07) is 5.71. The van der Waals surface area contributed by atoms with E-state index in [1.54, 1.807) is 36.1 Å². The van der Waals surface area contributed by atoms with Crippen LogP contribution in [-0.4, -0.2) is 50.9 Å². The lowest BCUT2D eigenvalue weighted by Gasteiger charge is -2.34. The highest BCUT2D eigenvalue weighted by Gasteiger charge is 2.33. The zero-order valence-corrected chi connectivity index (χ0v) is 18.5. The Balaban J connectivity index is 2.09.